The molecule has 0 spiro atoms. The number of carbonyl (C=O) groups is 2. The molecule has 4 nitrogen and oxygen atoms in total. The first-order valence-electron chi connectivity index (χ1n) is 4.64. The van der Waals surface area contributed by atoms with E-state index in [2.05, 4.69) is 0 Å². The first kappa shape index (κ1) is 11.2. The van der Waals surface area contributed by atoms with Crippen LogP contribution in [0.25, 0.3) is 0 Å². The number of carboxylic acids is 1. The van der Waals surface area contributed by atoms with Gasteiger partial charge in [-0.25, -0.2) is 0 Å². The van der Waals surface area contributed by atoms with E-state index < -0.39 is 5.97 Å². The van der Waals surface area contributed by atoms with E-state index in [-0.39, 0.29) is 12.4 Å². The van der Waals surface area contributed by atoms with Gasteiger partial charge in [0.1, 0.15) is 5.75 Å². The number of esters is 1. The highest BCUT2D eigenvalue weighted by atomic mass is 16.5. The van der Waals surface area contributed by atoms with Crippen molar-refractivity contribution in [3.63, 3.8) is 0 Å². The van der Waals surface area contributed by atoms with Gasteiger partial charge in [0.2, 0.25) is 0 Å². The number of para-hydroxylation sites is 1. The molecule has 80 valence electrons. The highest BCUT2D eigenvalue weighted by Crippen LogP contribution is 2.24. The molecule has 1 aliphatic rings. The van der Waals surface area contributed by atoms with Crippen molar-refractivity contribution in [1.29, 1.82) is 0 Å². The summed E-state index contributed by atoms with van der Waals surface area (Å²) in [6.45, 7) is 1.60. The Kier molecular flexibility index (Phi) is 3.85. The van der Waals surface area contributed by atoms with Crippen molar-refractivity contribution < 1.29 is 19.4 Å². The highest BCUT2D eigenvalue weighted by molar-refractivity contribution is 5.80. The van der Waals surface area contributed by atoms with Crippen LogP contribution in [0.4, 0.5) is 0 Å². The van der Waals surface area contributed by atoms with Crippen molar-refractivity contribution in [1.82, 2.24) is 0 Å². The number of benzene rings is 1. The van der Waals surface area contributed by atoms with Crippen LogP contribution in [0.15, 0.2) is 24.3 Å². The summed E-state index contributed by atoms with van der Waals surface area (Å²) in [5.41, 5.74) is 0.993. The summed E-state index contributed by atoms with van der Waals surface area (Å²) in [5, 5.41) is 7.72. The molecule has 1 aromatic carbocycles. The van der Waals surface area contributed by atoms with E-state index in [1.807, 2.05) is 18.2 Å². The molecule has 0 saturated heterocycles. The number of rotatable bonds is 1. The molecular weight excluding hydrogens is 196 g/mol. The summed E-state index contributed by atoms with van der Waals surface area (Å²) in [6, 6.07) is 7.47. The molecule has 2 rings (SSSR count). The number of carboxylic acid groups (broad SMARTS) is 1. The van der Waals surface area contributed by atoms with Crippen molar-refractivity contribution in [2.75, 3.05) is 0 Å². The fourth-order valence-corrected chi connectivity index (χ4v) is 1.06. The van der Waals surface area contributed by atoms with Gasteiger partial charge in [-0.15, -0.1) is 0 Å². The summed E-state index contributed by atoms with van der Waals surface area (Å²) in [5.74, 6) is -0.182. The van der Waals surface area contributed by atoms with Gasteiger partial charge in [0, 0.05) is 12.0 Å². The Morgan fingerprint density at radius 2 is 2.07 bits per heavy atom. The monoisotopic (exact) mass is 208 g/mol. The molecule has 4 heteroatoms. The van der Waals surface area contributed by atoms with Crippen LogP contribution < -0.4 is 4.74 Å². The standard InChI is InChI=1S/C8H6O2.C3H6O2/c9-8-5-6-3-1-2-4-7(6)10-8;1-2-3(4)5/h1-4H,5H2;2H2,1H3,(H,4,5). The number of carbonyl (C=O) groups excluding carboxylic acids is 1. The first-order valence-corrected chi connectivity index (χ1v) is 4.64. The molecule has 1 heterocycles. The Morgan fingerprint density at radius 1 is 1.47 bits per heavy atom. The number of fused-ring (bicyclic) bond motifs is 1. The average molecular weight is 208 g/mol. The average Bonchev–Trinajstić information content (AvgIpc) is 2.58. The fourth-order valence-electron chi connectivity index (χ4n) is 1.06. The molecule has 1 aliphatic heterocycles. The quantitative estimate of drug-likeness (QED) is 0.562. The highest BCUT2D eigenvalue weighted by Gasteiger charge is 2.18. The lowest BCUT2D eigenvalue weighted by Crippen LogP contribution is -1.99. The Balaban J connectivity index is 0.000000195. The van der Waals surface area contributed by atoms with Crippen LogP contribution in [0.1, 0.15) is 18.9 Å². The summed E-state index contributed by atoms with van der Waals surface area (Å²) in [7, 11) is 0. The zero-order valence-electron chi connectivity index (χ0n) is 8.40. The van der Waals surface area contributed by atoms with Gasteiger partial charge in [0.05, 0.1) is 6.42 Å². The number of hydrogen-bond acceptors (Lipinski definition) is 3. The van der Waals surface area contributed by atoms with E-state index in [1.165, 1.54) is 0 Å². The Morgan fingerprint density at radius 3 is 2.60 bits per heavy atom. The van der Waals surface area contributed by atoms with Gasteiger partial charge in [-0.3, -0.25) is 9.59 Å². The van der Waals surface area contributed by atoms with Crippen LogP contribution in [0.3, 0.4) is 0 Å². The SMILES string of the molecule is CCC(=O)O.O=C1Cc2ccccc2O1. The molecule has 1 aromatic rings. The molecule has 0 fully saturated rings. The maximum absolute atomic E-state index is 10.7. The number of hydrogen-bond donors (Lipinski definition) is 1. The third kappa shape index (κ3) is 3.42. The zero-order valence-corrected chi connectivity index (χ0v) is 8.40. The molecule has 0 aliphatic carbocycles. The van der Waals surface area contributed by atoms with E-state index in [0.29, 0.717) is 12.2 Å². The lowest BCUT2D eigenvalue weighted by atomic mass is 10.2. The fraction of sp³-hybridized carbons (Fsp3) is 0.273. The smallest absolute Gasteiger partial charge is 0.315 e. The molecule has 15 heavy (non-hydrogen) atoms. The van der Waals surface area contributed by atoms with Crippen molar-refractivity contribution in [2.45, 2.75) is 19.8 Å². The van der Waals surface area contributed by atoms with Crippen LogP contribution in [-0.2, 0) is 16.0 Å². The molecule has 0 bridgehead atoms. The van der Waals surface area contributed by atoms with Crippen LogP contribution in [0.5, 0.6) is 5.75 Å². The van der Waals surface area contributed by atoms with E-state index in [1.54, 1.807) is 13.0 Å². The minimum absolute atomic E-state index is 0.152. The summed E-state index contributed by atoms with van der Waals surface area (Å²) >= 11 is 0. The van der Waals surface area contributed by atoms with Gasteiger partial charge >= 0.3 is 11.9 Å². The second kappa shape index (κ2) is 5.14. The normalized spacial score (nSPS) is 12.2. The van der Waals surface area contributed by atoms with Gasteiger partial charge in [-0.1, -0.05) is 25.1 Å². The van der Waals surface area contributed by atoms with Gasteiger partial charge in [-0.05, 0) is 6.07 Å². The lowest BCUT2D eigenvalue weighted by molar-refractivity contribution is -0.136. The third-order valence-electron chi connectivity index (χ3n) is 1.83. The predicted molar refractivity (Wildman–Crippen MR) is 53.7 cm³/mol. The predicted octanol–water partition coefficient (Wildman–Crippen LogP) is 1.63. The first-order chi connectivity index (χ1) is 7.13. The molecular formula is C11H12O4. The molecule has 0 atom stereocenters. The van der Waals surface area contributed by atoms with Crippen molar-refractivity contribution in [2.24, 2.45) is 0 Å². The van der Waals surface area contributed by atoms with Crippen molar-refractivity contribution >= 4 is 11.9 Å². The molecule has 0 radical (unpaired) electrons. The maximum Gasteiger partial charge on any atom is 0.315 e. The summed E-state index contributed by atoms with van der Waals surface area (Å²) in [4.78, 5) is 20.0. The van der Waals surface area contributed by atoms with Crippen LogP contribution in [0.2, 0.25) is 0 Å². The number of aliphatic carboxylic acids is 1. The van der Waals surface area contributed by atoms with Gasteiger partial charge in [0.25, 0.3) is 0 Å². The minimum Gasteiger partial charge on any atom is -0.481 e. The molecule has 1 N–H and O–H groups in total. The second-order valence-corrected chi connectivity index (χ2v) is 3.01. The van der Waals surface area contributed by atoms with E-state index in [9.17, 15) is 9.59 Å². The maximum atomic E-state index is 10.7. The van der Waals surface area contributed by atoms with E-state index in [0.717, 1.165) is 5.56 Å². The van der Waals surface area contributed by atoms with Crippen LogP contribution in [-0.4, -0.2) is 17.0 Å². The Hall–Kier alpha value is -1.84. The van der Waals surface area contributed by atoms with Gasteiger partial charge < -0.3 is 9.84 Å². The van der Waals surface area contributed by atoms with Crippen molar-refractivity contribution in [3.05, 3.63) is 29.8 Å². The molecule has 0 unspecified atom stereocenters. The van der Waals surface area contributed by atoms with Crippen LogP contribution >= 0.6 is 0 Å². The second-order valence-electron chi connectivity index (χ2n) is 3.01. The summed E-state index contributed by atoms with van der Waals surface area (Å²) in [6.07, 6.45) is 0.649. The number of ether oxygens (including phenoxy) is 1. The lowest BCUT2D eigenvalue weighted by Gasteiger charge is -1.91. The Bertz CT molecular complexity index is 344. The summed E-state index contributed by atoms with van der Waals surface area (Å²) < 4.78 is 4.87. The van der Waals surface area contributed by atoms with Crippen LogP contribution in [0, 0.1) is 0 Å². The van der Waals surface area contributed by atoms with E-state index in [4.69, 9.17) is 9.84 Å². The van der Waals surface area contributed by atoms with E-state index >= 15 is 0 Å². The van der Waals surface area contributed by atoms with Gasteiger partial charge in [-0.2, -0.15) is 0 Å². The molecule has 0 aromatic heterocycles. The topological polar surface area (TPSA) is 63.6 Å². The van der Waals surface area contributed by atoms with Gasteiger partial charge in [0.15, 0.2) is 0 Å². The largest absolute Gasteiger partial charge is 0.481 e. The third-order valence-corrected chi connectivity index (χ3v) is 1.83. The zero-order chi connectivity index (χ0) is 11.3. The Labute approximate surface area is 87.5 Å². The molecule has 0 saturated carbocycles. The minimum atomic E-state index is -0.745. The molecule has 0 amide bonds. The van der Waals surface area contributed by atoms with Crippen molar-refractivity contribution in [3.8, 4) is 5.75 Å².